The van der Waals surface area contributed by atoms with Crippen LogP contribution in [0.3, 0.4) is 0 Å². The molecule has 1 atom stereocenters. The minimum atomic E-state index is 0.526. The van der Waals surface area contributed by atoms with Gasteiger partial charge in [0.1, 0.15) is 11.2 Å². The summed E-state index contributed by atoms with van der Waals surface area (Å²) in [5.41, 5.74) is 2.47. The van der Waals surface area contributed by atoms with Crippen LogP contribution >= 0.6 is 11.3 Å². The highest BCUT2D eigenvalue weighted by atomic mass is 32.1. The maximum absolute atomic E-state index is 5.02. The summed E-state index contributed by atoms with van der Waals surface area (Å²) in [6.07, 6.45) is 9.09. The number of anilines is 1. The predicted molar refractivity (Wildman–Crippen MR) is 88.8 cm³/mol. The van der Waals surface area contributed by atoms with E-state index < -0.39 is 0 Å². The zero-order chi connectivity index (χ0) is 14.7. The first-order valence-electron chi connectivity index (χ1n) is 8.23. The molecule has 1 aliphatic heterocycles. The molecule has 5 rings (SSSR count). The van der Waals surface area contributed by atoms with Gasteiger partial charge in [0.2, 0.25) is 5.95 Å². The third-order valence-electron chi connectivity index (χ3n) is 5.12. The molecular formula is C16H19N5S. The van der Waals surface area contributed by atoms with Crippen molar-refractivity contribution in [1.82, 2.24) is 19.6 Å². The number of hydrogen-bond donors (Lipinski definition) is 0. The van der Waals surface area contributed by atoms with Crippen LogP contribution in [0.1, 0.15) is 43.0 Å². The number of hydrogen-bond acceptors (Lipinski definition) is 5. The number of rotatable bonds is 1. The Balaban J connectivity index is 1.79. The van der Waals surface area contributed by atoms with Crippen molar-refractivity contribution in [3.05, 3.63) is 16.8 Å². The smallest absolute Gasteiger partial charge is 0.230 e. The molecule has 0 N–H and O–H groups in total. The third-order valence-corrected chi connectivity index (χ3v) is 6.31. The molecule has 114 valence electrons. The second kappa shape index (κ2) is 4.65. The first-order valence-corrected chi connectivity index (χ1v) is 9.05. The Labute approximate surface area is 133 Å². The number of aromatic nitrogens is 4. The van der Waals surface area contributed by atoms with Gasteiger partial charge in [-0.05, 0) is 51.0 Å². The van der Waals surface area contributed by atoms with E-state index in [-0.39, 0.29) is 0 Å². The Morgan fingerprint density at radius 3 is 3.09 bits per heavy atom. The summed E-state index contributed by atoms with van der Waals surface area (Å²) >= 11 is 1.87. The van der Waals surface area contributed by atoms with Crippen LogP contribution in [0, 0.1) is 0 Å². The van der Waals surface area contributed by atoms with Crippen LogP contribution in [-0.2, 0) is 12.8 Å². The van der Waals surface area contributed by atoms with E-state index in [1.807, 2.05) is 15.9 Å². The first kappa shape index (κ1) is 12.8. The van der Waals surface area contributed by atoms with Crippen LogP contribution in [0.5, 0.6) is 0 Å². The molecule has 3 aromatic rings. The Kier molecular flexibility index (Phi) is 2.71. The molecule has 2 aliphatic rings. The number of aryl methyl sites for hydroxylation is 2. The molecule has 0 radical (unpaired) electrons. The minimum Gasteiger partial charge on any atom is -0.338 e. The first-order chi connectivity index (χ1) is 10.8. The monoisotopic (exact) mass is 313 g/mol. The Morgan fingerprint density at radius 1 is 1.23 bits per heavy atom. The van der Waals surface area contributed by atoms with Crippen LogP contribution in [0.4, 0.5) is 5.95 Å². The van der Waals surface area contributed by atoms with Crippen LogP contribution in [0.15, 0.2) is 6.33 Å². The fraction of sp³-hybridized carbons (Fsp3) is 0.562. The molecule has 1 unspecified atom stereocenters. The maximum Gasteiger partial charge on any atom is 0.230 e. The highest BCUT2D eigenvalue weighted by Crippen LogP contribution is 2.39. The second-order valence-corrected chi connectivity index (χ2v) is 7.57. The standard InChI is InChI=1S/C16H19N5S/c1-10-5-2-3-8-20(10)16-19-15-13(14-17-9-18-21(14)16)11-6-4-7-12(11)22-15/h9-10H,2-8H2,1H3. The van der Waals surface area contributed by atoms with Crippen molar-refractivity contribution in [2.45, 2.75) is 51.5 Å². The Bertz CT molecular complexity index is 864. The SMILES string of the molecule is CC1CCCCN1c1nc2sc3c(c2c2ncnn12)CCC3. The summed E-state index contributed by atoms with van der Waals surface area (Å²) in [5.74, 6) is 0.979. The number of piperidine rings is 1. The van der Waals surface area contributed by atoms with E-state index in [0.717, 1.165) is 23.0 Å². The van der Waals surface area contributed by atoms with E-state index in [1.165, 1.54) is 54.4 Å². The van der Waals surface area contributed by atoms with Gasteiger partial charge in [-0.15, -0.1) is 11.3 Å². The maximum atomic E-state index is 5.02. The zero-order valence-corrected chi connectivity index (χ0v) is 13.6. The summed E-state index contributed by atoms with van der Waals surface area (Å²) in [4.78, 5) is 14.7. The normalized spacial score (nSPS) is 21.9. The van der Waals surface area contributed by atoms with Crippen molar-refractivity contribution in [3.8, 4) is 0 Å². The molecule has 5 nitrogen and oxygen atoms in total. The molecule has 0 spiro atoms. The van der Waals surface area contributed by atoms with Gasteiger partial charge in [0, 0.05) is 17.5 Å². The Hall–Kier alpha value is -1.69. The lowest BCUT2D eigenvalue weighted by molar-refractivity contribution is 0.474. The quantitative estimate of drug-likeness (QED) is 0.692. The van der Waals surface area contributed by atoms with E-state index in [1.54, 1.807) is 6.33 Å². The fourth-order valence-electron chi connectivity index (χ4n) is 3.98. The molecule has 6 heteroatoms. The minimum absolute atomic E-state index is 0.526. The topological polar surface area (TPSA) is 46.3 Å². The molecule has 1 saturated heterocycles. The summed E-state index contributed by atoms with van der Waals surface area (Å²) in [6, 6.07) is 0.526. The lowest BCUT2D eigenvalue weighted by atomic mass is 10.0. The molecule has 1 fully saturated rings. The fourth-order valence-corrected chi connectivity index (χ4v) is 5.23. The lowest BCUT2D eigenvalue weighted by Crippen LogP contribution is -2.39. The van der Waals surface area contributed by atoms with Gasteiger partial charge in [-0.25, -0.2) is 9.97 Å². The summed E-state index contributed by atoms with van der Waals surface area (Å²) in [5, 5.41) is 5.74. The average molecular weight is 313 g/mol. The van der Waals surface area contributed by atoms with Gasteiger partial charge in [0.05, 0.1) is 5.39 Å². The van der Waals surface area contributed by atoms with Crippen molar-refractivity contribution in [1.29, 1.82) is 0 Å². The zero-order valence-electron chi connectivity index (χ0n) is 12.7. The molecule has 1 aliphatic carbocycles. The average Bonchev–Trinajstić information content (AvgIpc) is 3.21. The van der Waals surface area contributed by atoms with Crippen LogP contribution in [0.25, 0.3) is 15.9 Å². The molecule has 22 heavy (non-hydrogen) atoms. The molecule has 0 aromatic carbocycles. The predicted octanol–water partition coefficient (Wildman–Crippen LogP) is 3.21. The molecule has 0 bridgehead atoms. The highest BCUT2D eigenvalue weighted by Gasteiger charge is 2.27. The van der Waals surface area contributed by atoms with Gasteiger partial charge in [-0.1, -0.05) is 0 Å². The van der Waals surface area contributed by atoms with Gasteiger partial charge in [-0.3, -0.25) is 0 Å². The van der Waals surface area contributed by atoms with Gasteiger partial charge in [-0.2, -0.15) is 9.61 Å². The van der Waals surface area contributed by atoms with Gasteiger partial charge >= 0.3 is 0 Å². The van der Waals surface area contributed by atoms with Crippen molar-refractivity contribution in [3.63, 3.8) is 0 Å². The van der Waals surface area contributed by atoms with Crippen LogP contribution in [0.2, 0.25) is 0 Å². The number of fused-ring (bicyclic) bond motifs is 5. The van der Waals surface area contributed by atoms with Crippen molar-refractivity contribution >= 4 is 33.1 Å². The van der Waals surface area contributed by atoms with Gasteiger partial charge in [0.15, 0.2) is 5.65 Å². The molecule has 3 aromatic heterocycles. The van der Waals surface area contributed by atoms with Gasteiger partial charge in [0.25, 0.3) is 0 Å². The number of thiophene rings is 1. The van der Waals surface area contributed by atoms with Crippen LogP contribution < -0.4 is 4.90 Å². The van der Waals surface area contributed by atoms with E-state index in [4.69, 9.17) is 4.98 Å². The largest absolute Gasteiger partial charge is 0.338 e. The van der Waals surface area contributed by atoms with Crippen molar-refractivity contribution in [2.75, 3.05) is 11.4 Å². The highest BCUT2D eigenvalue weighted by molar-refractivity contribution is 7.19. The van der Waals surface area contributed by atoms with E-state index >= 15 is 0 Å². The van der Waals surface area contributed by atoms with E-state index in [2.05, 4.69) is 21.9 Å². The van der Waals surface area contributed by atoms with Gasteiger partial charge < -0.3 is 4.90 Å². The third kappa shape index (κ3) is 1.67. The van der Waals surface area contributed by atoms with E-state index in [9.17, 15) is 0 Å². The Morgan fingerprint density at radius 2 is 2.18 bits per heavy atom. The second-order valence-electron chi connectivity index (χ2n) is 6.48. The van der Waals surface area contributed by atoms with Crippen LogP contribution in [-0.4, -0.2) is 32.2 Å². The molecular weight excluding hydrogens is 294 g/mol. The lowest BCUT2D eigenvalue weighted by Gasteiger charge is -2.34. The summed E-state index contributed by atoms with van der Waals surface area (Å²) in [6.45, 7) is 3.36. The summed E-state index contributed by atoms with van der Waals surface area (Å²) < 4.78 is 1.97. The molecule has 0 amide bonds. The van der Waals surface area contributed by atoms with Crippen molar-refractivity contribution < 1.29 is 0 Å². The summed E-state index contributed by atoms with van der Waals surface area (Å²) in [7, 11) is 0. The van der Waals surface area contributed by atoms with E-state index in [0.29, 0.717) is 6.04 Å². The van der Waals surface area contributed by atoms with Crippen molar-refractivity contribution in [2.24, 2.45) is 0 Å². The molecule has 4 heterocycles. The number of nitrogens with zero attached hydrogens (tertiary/aromatic N) is 5. The molecule has 0 saturated carbocycles.